The predicted molar refractivity (Wildman–Crippen MR) is 68.4 cm³/mol. The van der Waals surface area contributed by atoms with E-state index in [0.717, 1.165) is 25.3 Å². The van der Waals surface area contributed by atoms with Gasteiger partial charge in [0.05, 0.1) is 12.2 Å². The second-order valence-electron chi connectivity index (χ2n) is 5.06. The average Bonchev–Trinajstić information content (AvgIpc) is 2.22. The Morgan fingerprint density at radius 3 is 2.88 bits per heavy atom. The van der Waals surface area contributed by atoms with Crippen LogP contribution >= 0.6 is 11.6 Å². The molecule has 1 fully saturated rings. The lowest BCUT2D eigenvalue weighted by Gasteiger charge is -2.38. The van der Waals surface area contributed by atoms with Gasteiger partial charge in [0.15, 0.2) is 0 Å². The smallest absolute Gasteiger partial charge is 0.121 e. The van der Waals surface area contributed by atoms with E-state index in [1.54, 1.807) is 12.1 Å². The average molecular weight is 256 g/mol. The van der Waals surface area contributed by atoms with Gasteiger partial charge in [-0.3, -0.25) is 4.90 Å². The number of nitrogens with zero attached hydrogens (tertiary/aromatic N) is 1. The van der Waals surface area contributed by atoms with Crippen LogP contribution in [0.4, 0.5) is 0 Å². The molecule has 0 unspecified atom stereocenters. The maximum atomic E-state index is 9.81. The molecular formula is C13H18ClNO2. The van der Waals surface area contributed by atoms with Crippen LogP contribution in [0.3, 0.4) is 0 Å². The second-order valence-corrected chi connectivity index (χ2v) is 5.46. The minimum Gasteiger partial charge on any atom is -0.508 e. The summed E-state index contributed by atoms with van der Waals surface area (Å²) in [6.45, 7) is 7.25. The number of rotatable bonds is 2. The van der Waals surface area contributed by atoms with E-state index in [2.05, 4.69) is 18.7 Å². The molecular weight excluding hydrogens is 238 g/mol. The first kappa shape index (κ1) is 12.7. The Balaban J connectivity index is 2.10. The number of morpholine rings is 1. The lowest BCUT2D eigenvalue weighted by Crippen LogP contribution is -2.47. The van der Waals surface area contributed by atoms with E-state index in [4.69, 9.17) is 16.3 Å². The minimum atomic E-state index is -0.130. The maximum Gasteiger partial charge on any atom is 0.121 e. The fourth-order valence-electron chi connectivity index (χ4n) is 2.18. The Morgan fingerprint density at radius 1 is 1.47 bits per heavy atom. The van der Waals surface area contributed by atoms with Gasteiger partial charge in [-0.25, -0.2) is 0 Å². The number of hydrogen-bond donors (Lipinski definition) is 1. The van der Waals surface area contributed by atoms with Crippen molar-refractivity contribution >= 4 is 11.6 Å². The molecule has 0 aliphatic carbocycles. The Morgan fingerprint density at radius 2 is 2.24 bits per heavy atom. The van der Waals surface area contributed by atoms with Crippen LogP contribution < -0.4 is 0 Å². The van der Waals surface area contributed by atoms with Gasteiger partial charge in [0, 0.05) is 30.2 Å². The molecule has 1 heterocycles. The summed E-state index contributed by atoms with van der Waals surface area (Å²) in [5.41, 5.74) is 0.668. The third-order valence-electron chi connectivity index (χ3n) is 2.98. The van der Waals surface area contributed by atoms with Crippen LogP contribution in [0, 0.1) is 0 Å². The second kappa shape index (κ2) is 4.84. The summed E-state index contributed by atoms with van der Waals surface area (Å²) < 4.78 is 5.66. The fourth-order valence-corrected chi connectivity index (χ4v) is 2.41. The highest BCUT2D eigenvalue weighted by Gasteiger charge is 2.27. The van der Waals surface area contributed by atoms with Crippen molar-refractivity contribution in [2.75, 3.05) is 19.7 Å². The SMILES string of the molecule is CC1(C)CN(Cc2c(O)cccc2Cl)CCO1. The van der Waals surface area contributed by atoms with Crippen LogP contribution in [-0.4, -0.2) is 35.3 Å². The summed E-state index contributed by atoms with van der Waals surface area (Å²) in [6.07, 6.45) is 0. The summed E-state index contributed by atoms with van der Waals surface area (Å²) in [6, 6.07) is 5.24. The molecule has 0 spiro atoms. The zero-order valence-corrected chi connectivity index (χ0v) is 11.0. The molecule has 4 heteroatoms. The van der Waals surface area contributed by atoms with E-state index in [-0.39, 0.29) is 11.4 Å². The maximum absolute atomic E-state index is 9.81. The molecule has 0 bridgehead atoms. The van der Waals surface area contributed by atoms with Gasteiger partial charge >= 0.3 is 0 Å². The highest BCUT2D eigenvalue weighted by molar-refractivity contribution is 6.31. The van der Waals surface area contributed by atoms with Gasteiger partial charge in [0.2, 0.25) is 0 Å². The third kappa shape index (κ3) is 3.12. The normalized spacial score (nSPS) is 20.4. The van der Waals surface area contributed by atoms with Gasteiger partial charge in [0.25, 0.3) is 0 Å². The molecule has 17 heavy (non-hydrogen) atoms. The van der Waals surface area contributed by atoms with E-state index >= 15 is 0 Å². The molecule has 1 saturated heterocycles. The Labute approximate surface area is 107 Å². The Kier molecular flexibility index (Phi) is 3.61. The molecule has 1 N–H and O–H groups in total. The topological polar surface area (TPSA) is 32.7 Å². The van der Waals surface area contributed by atoms with E-state index in [0.29, 0.717) is 11.6 Å². The number of phenols is 1. The summed E-state index contributed by atoms with van der Waals surface area (Å²) in [4.78, 5) is 2.25. The molecule has 0 amide bonds. The van der Waals surface area contributed by atoms with E-state index in [1.807, 2.05) is 6.07 Å². The van der Waals surface area contributed by atoms with Crippen molar-refractivity contribution < 1.29 is 9.84 Å². The standard InChI is InChI=1S/C13H18ClNO2/c1-13(2)9-15(6-7-17-13)8-10-11(14)4-3-5-12(10)16/h3-5,16H,6-9H2,1-2H3. The first-order valence-electron chi connectivity index (χ1n) is 5.81. The molecule has 1 aromatic rings. The number of hydrogen-bond acceptors (Lipinski definition) is 3. The molecule has 2 rings (SSSR count). The minimum absolute atomic E-state index is 0.130. The van der Waals surface area contributed by atoms with Crippen LogP contribution in [0.2, 0.25) is 5.02 Å². The molecule has 94 valence electrons. The first-order chi connectivity index (χ1) is 7.98. The van der Waals surface area contributed by atoms with Crippen molar-refractivity contribution in [2.24, 2.45) is 0 Å². The number of phenolic OH excluding ortho intramolecular Hbond substituents is 1. The highest BCUT2D eigenvalue weighted by atomic mass is 35.5. The van der Waals surface area contributed by atoms with E-state index in [9.17, 15) is 5.11 Å². The molecule has 0 atom stereocenters. The van der Waals surface area contributed by atoms with E-state index in [1.165, 1.54) is 0 Å². The van der Waals surface area contributed by atoms with Crippen molar-refractivity contribution in [1.82, 2.24) is 4.90 Å². The van der Waals surface area contributed by atoms with Crippen molar-refractivity contribution in [3.8, 4) is 5.75 Å². The van der Waals surface area contributed by atoms with Gasteiger partial charge in [-0.2, -0.15) is 0 Å². The van der Waals surface area contributed by atoms with Crippen molar-refractivity contribution in [3.63, 3.8) is 0 Å². The molecule has 1 aliphatic rings. The third-order valence-corrected chi connectivity index (χ3v) is 3.33. The molecule has 1 aromatic carbocycles. The molecule has 0 saturated carbocycles. The first-order valence-corrected chi connectivity index (χ1v) is 6.18. The van der Waals surface area contributed by atoms with Crippen LogP contribution in [0.15, 0.2) is 18.2 Å². The number of ether oxygens (including phenoxy) is 1. The van der Waals surface area contributed by atoms with Crippen LogP contribution in [-0.2, 0) is 11.3 Å². The molecule has 3 nitrogen and oxygen atoms in total. The van der Waals surface area contributed by atoms with E-state index < -0.39 is 0 Å². The lowest BCUT2D eigenvalue weighted by atomic mass is 10.1. The van der Waals surface area contributed by atoms with Gasteiger partial charge in [0.1, 0.15) is 5.75 Å². The largest absolute Gasteiger partial charge is 0.508 e. The lowest BCUT2D eigenvalue weighted by molar-refractivity contribution is -0.0883. The fraction of sp³-hybridized carbons (Fsp3) is 0.538. The van der Waals surface area contributed by atoms with Gasteiger partial charge < -0.3 is 9.84 Å². The van der Waals surface area contributed by atoms with Crippen LogP contribution in [0.5, 0.6) is 5.75 Å². The van der Waals surface area contributed by atoms with Gasteiger partial charge in [-0.15, -0.1) is 0 Å². The van der Waals surface area contributed by atoms with Crippen molar-refractivity contribution in [3.05, 3.63) is 28.8 Å². The number of aromatic hydroxyl groups is 1. The zero-order chi connectivity index (χ0) is 12.5. The molecule has 0 radical (unpaired) electrons. The molecule has 0 aromatic heterocycles. The van der Waals surface area contributed by atoms with Crippen LogP contribution in [0.1, 0.15) is 19.4 Å². The van der Waals surface area contributed by atoms with Crippen molar-refractivity contribution in [1.29, 1.82) is 0 Å². The van der Waals surface area contributed by atoms with Crippen molar-refractivity contribution in [2.45, 2.75) is 26.0 Å². The summed E-state index contributed by atoms with van der Waals surface area (Å²) in [7, 11) is 0. The van der Waals surface area contributed by atoms with Gasteiger partial charge in [-0.05, 0) is 26.0 Å². The Hall–Kier alpha value is -0.770. The monoisotopic (exact) mass is 255 g/mol. The molecule has 1 aliphatic heterocycles. The Bertz CT molecular complexity index is 386. The quantitative estimate of drug-likeness (QED) is 0.882. The van der Waals surface area contributed by atoms with Crippen LogP contribution in [0.25, 0.3) is 0 Å². The van der Waals surface area contributed by atoms with Gasteiger partial charge in [-0.1, -0.05) is 17.7 Å². The summed E-state index contributed by atoms with van der Waals surface area (Å²) >= 11 is 6.10. The number of halogens is 1. The predicted octanol–water partition coefficient (Wildman–Crippen LogP) is 2.66. The zero-order valence-electron chi connectivity index (χ0n) is 10.2. The summed E-state index contributed by atoms with van der Waals surface area (Å²) in [5, 5.41) is 10.4. The number of benzene rings is 1. The summed E-state index contributed by atoms with van der Waals surface area (Å²) in [5.74, 6) is 0.266. The highest BCUT2D eigenvalue weighted by Crippen LogP contribution is 2.28.